The highest BCUT2D eigenvalue weighted by molar-refractivity contribution is 9.10. The molecule has 3 aromatic rings. The third kappa shape index (κ3) is 4.28. The monoisotopic (exact) mass is 503 g/mol. The summed E-state index contributed by atoms with van der Waals surface area (Å²) in [5.74, 6) is 1.01. The van der Waals surface area contributed by atoms with E-state index in [1.807, 2.05) is 48.5 Å². The maximum atomic E-state index is 12.2. The third-order valence-electron chi connectivity index (χ3n) is 5.49. The highest BCUT2D eigenvalue weighted by Gasteiger charge is 2.29. The first-order valence-corrected chi connectivity index (χ1v) is 11.1. The number of nitrogen functional groups attached to an aromatic ring is 1. The fourth-order valence-corrected chi connectivity index (χ4v) is 4.55. The van der Waals surface area contributed by atoms with Crippen LogP contribution in [-0.2, 0) is 4.79 Å². The number of hydrogen-bond donors (Lipinski definition) is 1. The molecular weight excluding hydrogens is 482 g/mol. The van der Waals surface area contributed by atoms with E-state index >= 15 is 0 Å². The molecule has 1 atom stereocenters. The molecule has 0 saturated carbocycles. The fraction of sp³-hybridized carbons (Fsp3) is 0.273. The average Bonchev–Trinajstić information content (AvgIpc) is 3.09. The number of anilines is 2. The molecule has 2 aromatic carbocycles. The van der Waals surface area contributed by atoms with Gasteiger partial charge in [0, 0.05) is 43.5 Å². The number of carbonyl (C=O) groups excluding carboxylic acids is 1. The lowest BCUT2D eigenvalue weighted by Crippen LogP contribution is -2.49. The maximum Gasteiger partial charge on any atom is 0.161 e. The van der Waals surface area contributed by atoms with Crippen LogP contribution in [0, 0.1) is 0 Å². The Bertz CT molecular complexity index is 1070. The van der Waals surface area contributed by atoms with Gasteiger partial charge >= 0.3 is 0 Å². The SMILES string of the molecule is COc1cc(N2CCN(C(C=O)n3nc(N)c(Br)c3-c3ccccc3)CC2)ccc1Cl. The molecule has 1 unspecified atom stereocenters. The number of halogens is 2. The Morgan fingerprint density at radius 2 is 1.87 bits per heavy atom. The van der Waals surface area contributed by atoms with Gasteiger partial charge in [-0.05, 0) is 28.1 Å². The Morgan fingerprint density at radius 1 is 1.16 bits per heavy atom. The van der Waals surface area contributed by atoms with Crippen LogP contribution in [0.2, 0.25) is 5.02 Å². The number of piperazine rings is 1. The Kier molecular flexibility index (Phi) is 6.50. The maximum absolute atomic E-state index is 12.2. The third-order valence-corrected chi connectivity index (χ3v) is 6.58. The predicted octanol–water partition coefficient (Wildman–Crippen LogP) is 4.08. The minimum atomic E-state index is -0.550. The van der Waals surface area contributed by atoms with Crippen molar-refractivity contribution >= 4 is 45.3 Å². The molecule has 1 aromatic heterocycles. The summed E-state index contributed by atoms with van der Waals surface area (Å²) >= 11 is 9.70. The van der Waals surface area contributed by atoms with E-state index in [1.165, 1.54) is 0 Å². The van der Waals surface area contributed by atoms with Gasteiger partial charge in [-0.25, -0.2) is 4.68 Å². The van der Waals surface area contributed by atoms with E-state index in [1.54, 1.807) is 11.8 Å². The molecule has 0 amide bonds. The van der Waals surface area contributed by atoms with Crippen LogP contribution in [0.1, 0.15) is 6.17 Å². The number of nitrogens with zero attached hydrogens (tertiary/aromatic N) is 4. The summed E-state index contributed by atoms with van der Waals surface area (Å²) in [7, 11) is 1.61. The van der Waals surface area contributed by atoms with Crippen molar-refractivity contribution in [2.24, 2.45) is 0 Å². The molecule has 0 bridgehead atoms. The lowest BCUT2D eigenvalue weighted by molar-refractivity contribution is -0.115. The first kappa shape index (κ1) is 21.7. The Morgan fingerprint density at radius 3 is 2.52 bits per heavy atom. The zero-order valence-corrected chi connectivity index (χ0v) is 19.4. The van der Waals surface area contributed by atoms with Gasteiger partial charge in [0.05, 0.1) is 22.3 Å². The summed E-state index contributed by atoms with van der Waals surface area (Å²) in [6.07, 6.45) is 0.373. The Balaban J connectivity index is 1.56. The van der Waals surface area contributed by atoms with Gasteiger partial charge in [0.1, 0.15) is 5.75 Å². The van der Waals surface area contributed by atoms with Crippen molar-refractivity contribution in [2.45, 2.75) is 6.17 Å². The molecule has 9 heteroatoms. The number of ether oxygens (including phenoxy) is 1. The molecule has 0 aliphatic carbocycles. The standard InChI is InChI=1S/C22H23BrClN5O2/c1-31-18-13-16(7-8-17(18)24)27-9-11-28(12-10-27)19(14-30)29-21(20(23)22(25)26-29)15-5-3-2-4-6-15/h2-8,13-14,19H,9-12H2,1H3,(H2,25,26). The van der Waals surface area contributed by atoms with Crippen molar-refractivity contribution in [3.63, 3.8) is 0 Å². The summed E-state index contributed by atoms with van der Waals surface area (Å²) in [4.78, 5) is 16.5. The van der Waals surface area contributed by atoms with Crippen LogP contribution in [0.25, 0.3) is 11.3 Å². The quantitative estimate of drug-likeness (QED) is 0.510. The molecule has 2 heterocycles. The second kappa shape index (κ2) is 9.30. The van der Waals surface area contributed by atoms with Crippen molar-refractivity contribution in [1.82, 2.24) is 14.7 Å². The van der Waals surface area contributed by atoms with Gasteiger partial charge < -0.3 is 15.4 Å². The molecule has 0 spiro atoms. The molecule has 1 saturated heterocycles. The molecule has 2 N–H and O–H groups in total. The zero-order valence-electron chi connectivity index (χ0n) is 17.0. The second-order valence-electron chi connectivity index (χ2n) is 7.25. The average molecular weight is 505 g/mol. The van der Waals surface area contributed by atoms with E-state index in [9.17, 15) is 4.79 Å². The molecule has 7 nitrogen and oxygen atoms in total. The van der Waals surface area contributed by atoms with Gasteiger partial charge in [-0.1, -0.05) is 41.9 Å². The number of hydrogen-bond acceptors (Lipinski definition) is 6. The van der Waals surface area contributed by atoms with Crippen molar-refractivity contribution in [1.29, 1.82) is 0 Å². The normalized spacial score (nSPS) is 15.6. The van der Waals surface area contributed by atoms with Crippen LogP contribution in [0.5, 0.6) is 5.75 Å². The first-order valence-electron chi connectivity index (χ1n) is 9.90. The summed E-state index contributed by atoms with van der Waals surface area (Å²) < 4.78 is 7.74. The number of benzene rings is 2. The van der Waals surface area contributed by atoms with Crippen molar-refractivity contribution < 1.29 is 9.53 Å². The topological polar surface area (TPSA) is 76.6 Å². The minimum absolute atomic E-state index is 0.359. The molecule has 162 valence electrons. The van der Waals surface area contributed by atoms with Crippen molar-refractivity contribution in [3.8, 4) is 17.0 Å². The molecule has 1 aliphatic heterocycles. The van der Waals surface area contributed by atoms with E-state index in [-0.39, 0.29) is 0 Å². The first-order chi connectivity index (χ1) is 15.0. The lowest BCUT2D eigenvalue weighted by atomic mass is 10.1. The number of carbonyl (C=O) groups is 1. The van der Waals surface area contributed by atoms with E-state index in [2.05, 4.69) is 30.8 Å². The van der Waals surface area contributed by atoms with Gasteiger partial charge in [-0.3, -0.25) is 9.69 Å². The van der Waals surface area contributed by atoms with Gasteiger partial charge in [0.25, 0.3) is 0 Å². The van der Waals surface area contributed by atoms with Crippen LogP contribution in [0.15, 0.2) is 53.0 Å². The predicted molar refractivity (Wildman–Crippen MR) is 127 cm³/mol. The van der Waals surface area contributed by atoms with Gasteiger partial charge in [0.15, 0.2) is 18.3 Å². The number of methoxy groups -OCH3 is 1. The van der Waals surface area contributed by atoms with Gasteiger partial charge in [-0.15, -0.1) is 0 Å². The molecule has 1 fully saturated rings. The van der Waals surface area contributed by atoms with E-state index < -0.39 is 6.17 Å². The minimum Gasteiger partial charge on any atom is -0.495 e. The van der Waals surface area contributed by atoms with E-state index in [4.69, 9.17) is 22.1 Å². The van der Waals surface area contributed by atoms with Crippen LogP contribution in [0.4, 0.5) is 11.5 Å². The number of nitrogens with two attached hydrogens (primary N) is 1. The molecule has 4 rings (SSSR count). The van der Waals surface area contributed by atoms with E-state index in [0.29, 0.717) is 34.2 Å². The van der Waals surface area contributed by atoms with Crippen LogP contribution in [0.3, 0.4) is 0 Å². The van der Waals surface area contributed by atoms with Crippen molar-refractivity contribution in [2.75, 3.05) is 43.9 Å². The Labute approximate surface area is 194 Å². The molecular formula is C22H23BrClN5O2. The van der Waals surface area contributed by atoms with Crippen molar-refractivity contribution in [3.05, 3.63) is 58.0 Å². The Hall–Kier alpha value is -2.55. The summed E-state index contributed by atoms with van der Waals surface area (Å²) in [6.45, 7) is 2.90. The zero-order chi connectivity index (χ0) is 22.0. The van der Waals surface area contributed by atoms with Gasteiger partial charge in [-0.2, -0.15) is 5.10 Å². The molecule has 0 radical (unpaired) electrons. The highest BCUT2D eigenvalue weighted by Crippen LogP contribution is 2.35. The fourth-order valence-electron chi connectivity index (χ4n) is 3.87. The second-order valence-corrected chi connectivity index (χ2v) is 8.45. The molecule has 31 heavy (non-hydrogen) atoms. The van der Waals surface area contributed by atoms with Crippen LogP contribution >= 0.6 is 27.5 Å². The number of aromatic nitrogens is 2. The summed E-state index contributed by atoms with van der Waals surface area (Å²) in [6, 6.07) is 15.6. The van der Waals surface area contributed by atoms with Crippen LogP contribution < -0.4 is 15.4 Å². The van der Waals surface area contributed by atoms with Gasteiger partial charge in [0.2, 0.25) is 0 Å². The van der Waals surface area contributed by atoms with E-state index in [0.717, 1.165) is 36.3 Å². The molecule has 1 aliphatic rings. The number of aldehydes is 1. The number of rotatable bonds is 6. The largest absolute Gasteiger partial charge is 0.495 e. The highest BCUT2D eigenvalue weighted by atomic mass is 79.9. The summed E-state index contributed by atoms with van der Waals surface area (Å²) in [5, 5.41) is 5.06. The summed E-state index contributed by atoms with van der Waals surface area (Å²) in [5.41, 5.74) is 8.87. The lowest BCUT2D eigenvalue weighted by Gasteiger charge is -2.38. The smallest absolute Gasteiger partial charge is 0.161 e. The van der Waals surface area contributed by atoms with Crippen LogP contribution in [-0.4, -0.2) is 54.3 Å².